The summed E-state index contributed by atoms with van der Waals surface area (Å²) in [4.78, 5) is 4.81. The second-order valence-electron chi connectivity index (χ2n) is 4.88. The predicted octanol–water partition coefficient (Wildman–Crippen LogP) is 4.49. The van der Waals surface area contributed by atoms with Crippen LogP contribution in [-0.4, -0.2) is 9.55 Å². The molecule has 4 rings (SSSR count). The molecule has 0 aliphatic heterocycles. The molecule has 0 saturated carbocycles. The lowest BCUT2D eigenvalue weighted by Crippen LogP contribution is -1.96. The Morgan fingerprint density at radius 1 is 0.762 bits per heavy atom. The molecule has 0 aliphatic rings. The van der Waals surface area contributed by atoms with E-state index in [-0.39, 0.29) is 0 Å². The summed E-state index contributed by atoms with van der Waals surface area (Å²) in [6.45, 7) is 0. The number of aromatic nitrogens is 2. The molecule has 0 bridgehead atoms. The van der Waals surface area contributed by atoms with Gasteiger partial charge in [-0.3, -0.25) is 4.57 Å². The molecule has 0 atom stereocenters. The van der Waals surface area contributed by atoms with E-state index in [1.54, 1.807) is 0 Å². The quantitative estimate of drug-likeness (QED) is 0.524. The van der Waals surface area contributed by atoms with Crippen LogP contribution in [0.1, 0.15) is 0 Å². The van der Waals surface area contributed by atoms with Crippen LogP contribution in [0.4, 0.5) is 0 Å². The Hall–Kier alpha value is -2.87. The van der Waals surface area contributed by atoms with Gasteiger partial charge in [0.15, 0.2) is 0 Å². The number of imidazole rings is 1. The number of benzene rings is 3. The lowest BCUT2D eigenvalue weighted by Gasteiger charge is -2.09. The average molecular weight is 269 g/mol. The minimum Gasteiger partial charge on any atom is -0.292 e. The van der Waals surface area contributed by atoms with Crippen LogP contribution in [0.15, 0.2) is 78.9 Å². The number of hydrogen-bond donors (Lipinski definition) is 0. The zero-order valence-corrected chi connectivity index (χ0v) is 11.4. The van der Waals surface area contributed by atoms with Gasteiger partial charge in [0.25, 0.3) is 0 Å². The molecular weight excluding hydrogens is 256 g/mol. The van der Waals surface area contributed by atoms with E-state index in [2.05, 4.69) is 28.8 Å². The molecule has 99 valence electrons. The molecule has 1 heterocycles. The molecule has 0 fully saturated rings. The molecule has 4 aromatic rings. The van der Waals surface area contributed by atoms with Crippen molar-refractivity contribution in [2.75, 3.05) is 0 Å². The van der Waals surface area contributed by atoms with Crippen molar-refractivity contribution >= 4 is 11.0 Å². The highest BCUT2D eigenvalue weighted by molar-refractivity contribution is 5.83. The molecule has 0 N–H and O–H groups in total. The molecule has 0 aliphatic carbocycles. The highest BCUT2D eigenvalue weighted by Gasteiger charge is 2.13. The molecule has 2 nitrogen and oxygen atoms in total. The van der Waals surface area contributed by atoms with Gasteiger partial charge in [0.2, 0.25) is 0 Å². The van der Waals surface area contributed by atoms with Crippen LogP contribution in [0.2, 0.25) is 0 Å². The van der Waals surface area contributed by atoms with E-state index < -0.39 is 0 Å². The van der Waals surface area contributed by atoms with E-state index in [1.807, 2.05) is 60.7 Å². The van der Waals surface area contributed by atoms with Crippen molar-refractivity contribution in [1.82, 2.24) is 9.55 Å². The summed E-state index contributed by atoms with van der Waals surface area (Å²) in [6, 6.07) is 29.5. The Labute approximate surface area is 123 Å². The highest BCUT2D eigenvalue weighted by Crippen LogP contribution is 2.28. The summed E-state index contributed by atoms with van der Waals surface area (Å²) in [5.41, 5.74) is 4.33. The predicted molar refractivity (Wildman–Crippen MR) is 85.3 cm³/mol. The van der Waals surface area contributed by atoms with Gasteiger partial charge in [-0.2, -0.15) is 0 Å². The summed E-state index contributed by atoms with van der Waals surface area (Å²) in [7, 11) is 0. The Kier molecular flexibility index (Phi) is 2.79. The van der Waals surface area contributed by atoms with Gasteiger partial charge in [-0.15, -0.1) is 0 Å². The van der Waals surface area contributed by atoms with Gasteiger partial charge in [0, 0.05) is 11.3 Å². The van der Waals surface area contributed by atoms with E-state index in [0.29, 0.717) is 0 Å². The first-order valence-corrected chi connectivity index (χ1v) is 6.93. The van der Waals surface area contributed by atoms with E-state index in [0.717, 1.165) is 28.1 Å². The normalized spacial score (nSPS) is 10.9. The highest BCUT2D eigenvalue weighted by atomic mass is 15.1. The van der Waals surface area contributed by atoms with Crippen molar-refractivity contribution in [3.63, 3.8) is 0 Å². The fourth-order valence-electron chi connectivity index (χ4n) is 2.59. The third kappa shape index (κ3) is 2.01. The first-order chi connectivity index (χ1) is 10.4. The van der Waals surface area contributed by atoms with Crippen molar-refractivity contribution in [2.24, 2.45) is 0 Å². The van der Waals surface area contributed by atoms with Crippen molar-refractivity contribution in [1.29, 1.82) is 0 Å². The second-order valence-corrected chi connectivity index (χ2v) is 4.88. The fourth-order valence-corrected chi connectivity index (χ4v) is 2.59. The third-order valence-electron chi connectivity index (χ3n) is 3.55. The minimum atomic E-state index is 0.955. The van der Waals surface area contributed by atoms with Gasteiger partial charge < -0.3 is 0 Å². The number of hydrogen-bond acceptors (Lipinski definition) is 1. The molecule has 0 amide bonds. The smallest absolute Gasteiger partial charge is 0.145 e. The monoisotopic (exact) mass is 269 g/mol. The van der Waals surface area contributed by atoms with Gasteiger partial charge in [-0.1, -0.05) is 54.6 Å². The Bertz CT molecular complexity index is 877. The van der Waals surface area contributed by atoms with Crippen molar-refractivity contribution in [3.8, 4) is 17.1 Å². The molecule has 0 saturated heterocycles. The van der Waals surface area contributed by atoms with Gasteiger partial charge in [-0.05, 0) is 30.3 Å². The Morgan fingerprint density at radius 2 is 1.48 bits per heavy atom. The SMILES string of the molecule is [c]1ccc(-c2nc3ccccc3n2-c2ccccc2)cc1. The molecule has 1 aromatic heterocycles. The molecule has 3 aromatic carbocycles. The second kappa shape index (κ2) is 4.91. The zero-order chi connectivity index (χ0) is 14.1. The largest absolute Gasteiger partial charge is 0.292 e. The molecule has 21 heavy (non-hydrogen) atoms. The van der Waals surface area contributed by atoms with Crippen LogP contribution >= 0.6 is 0 Å². The summed E-state index contributed by atoms with van der Waals surface area (Å²) in [5.74, 6) is 0.955. The van der Waals surface area contributed by atoms with Gasteiger partial charge in [0.1, 0.15) is 5.82 Å². The van der Waals surface area contributed by atoms with Crippen molar-refractivity contribution < 1.29 is 0 Å². The Morgan fingerprint density at radius 3 is 2.29 bits per heavy atom. The van der Waals surface area contributed by atoms with Gasteiger partial charge >= 0.3 is 0 Å². The fraction of sp³-hybridized carbons (Fsp3) is 0. The van der Waals surface area contributed by atoms with Crippen LogP contribution in [0, 0.1) is 6.07 Å². The van der Waals surface area contributed by atoms with E-state index in [1.165, 1.54) is 0 Å². The number of fused-ring (bicyclic) bond motifs is 1. The lowest BCUT2D eigenvalue weighted by atomic mass is 10.2. The summed E-state index contributed by atoms with van der Waals surface area (Å²) >= 11 is 0. The lowest BCUT2D eigenvalue weighted by molar-refractivity contribution is 1.10. The zero-order valence-electron chi connectivity index (χ0n) is 11.4. The average Bonchev–Trinajstić information content (AvgIpc) is 2.96. The van der Waals surface area contributed by atoms with Crippen LogP contribution < -0.4 is 0 Å². The van der Waals surface area contributed by atoms with Crippen molar-refractivity contribution in [3.05, 3.63) is 84.9 Å². The standard InChI is InChI=1S/C19H13N2/c1-3-9-15(10-4-1)19-20-17-13-7-8-14-18(17)21(19)16-11-5-2-6-12-16/h2-14H. The molecular formula is C19H13N2. The van der Waals surface area contributed by atoms with Crippen LogP contribution in [-0.2, 0) is 0 Å². The molecule has 1 radical (unpaired) electrons. The third-order valence-corrected chi connectivity index (χ3v) is 3.55. The van der Waals surface area contributed by atoms with Crippen LogP contribution in [0.5, 0.6) is 0 Å². The van der Waals surface area contributed by atoms with Gasteiger partial charge in [-0.25, -0.2) is 4.98 Å². The maximum absolute atomic E-state index is 4.81. The maximum atomic E-state index is 4.81. The number of nitrogens with zero attached hydrogens (tertiary/aromatic N) is 2. The number of rotatable bonds is 2. The van der Waals surface area contributed by atoms with Gasteiger partial charge in [0.05, 0.1) is 11.0 Å². The first-order valence-electron chi connectivity index (χ1n) is 6.93. The van der Waals surface area contributed by atoms with E-state index in [9.17, 15) is 0 Å². The first kappa shape index (κ1) is 11.9. The summed E-state index contributed by atoms with van der Waals surface area (Å²) in [5, 5.41) is 0. The van der Waals surface area contributed by atoms with E-state index >= 15 is 0 Å². The Balaban J connectivity index is 2.07. The molecule has 2 heteroatoms. The summed E-state index contributed by atoms with van der Waals surface area (Å²) in [6.07, 6.45) is 0. The summed E-state index contributed by atoms with van der Waals surface area (Å²) < 4.78 is 2.20. The van der Waals surface area contributed by atoms with E-state index in [4.69, 9.17) is 4.98 Å². The topological polar surface area (TPSA) is 17.8 Å². The van der Waals surface area contributed by atoms with Crippen molar-refractivity contribution in [2.45, 2.75) is 0 Å². The maximum Gasteiger partial charge on any atom is 0.145 e. The van der Waals surface area contributed by atoms with Crippen LogP contribution in [0.25, 0.3) is 28.1 Å². The van der Waals surface area contributed by atoms with Crippen LogP contribution in [0.3, 0.4) is 0 Å². The molecule has 0 unspecified atom stereocenters. The molecule has 0 spiro atoms. The number of para-hydroxylation sites is 3. The minimum absolute atomic E-state index is 0.955.